The van der Waals surface area contributed by atoms with Crippen molar-refractivity contribution in [2.45, 2.75) is 37.5 Å². The molecular weight excluding hydrogens is 397 g/mol. The van der Waals surface area contributed by atoms with Crippen LogP contribution in [0.4, 0.5) is 15.8 Å². The lowest BCUT2D eigenvalue weighted by Gasteiger charge is -2.20. The van der Waals surface area contributed by atoms with E-state index in [4.69, 9.17) is 12.2 Å². The number of aryl methyl sites for hydroxylation is 1. The molecule has 1 saturated heterocycles. The molecule has 1 fully saturated rings. The van der Waals surface area contributed by atoms with E-state index in [1.165, 1.54) is 12.1 Å². The molecule has 28 heavy (non-hydrogen) atoms. The minimum Gasteiger partial charge on any atom is -0.332 e. The summed E-state index contributed by atoms with van der Waals surface area (Å²) in [5, 5.41) is 6.25. The summed E-state index contributed by atoms with van der Waals surface area (Å²) in [5.74, 6) is -0.348. The fourth-order valence-electron chi connectivity index (χ4n) is 3.15. The van der Waals surface area contributed by atoms with Gasteiger partial charge in [0.05, 0.1) is 4.90 Å². The fourth-order valence-corrected chi connectivity index (χ4v) is 4.90. The Hall–Kier alpha value is -2.03. The molecule has 0 atom stereocenters. The summed E-state index contributed by atoms with van der Waals surface area (Å²) in [5.41, 5.74) is 2.10. The maximum atomic E-state index is 13.4. The van der Waals surface area contributed by atoms with Crippen LogP contribution in [-0.4, -0.2) is 30.9 Å². The average molecular weight is 422 g/mol. The predicted molar refractivity (Wildman–Crippen MR) is 115 cm³/mol. The Bertz CT molecular complexity index is 938. The summed E-state index contributed by atoms with van der Waals surface area (Å²) in [4.78, 5) is 0.278. The van der Waals surface area contributed by atoms with Crippen molar-refractivity contribution in [1.82, 2.24) is 4.31 Å². The molecule has 0 bridgehead atoms. The lowest BCUT2D eigenvalue weighted by Crippen LogP contribution is -2.31. The van der Waals surface area contributed by atoms with Crippen molar-refractivity contribution < 1.29 is 12.8 Å². The molecule has 0 aliphatic carbocycles. The summed E-state index contributed by atoms with van der Waals surface area (Å²) in [7, 11) is -3.47. The van der Waals surface area contributed by atoms with Gasteiger partial charge in [0.15, 0.2) is 5.11 Å². The molecule has 150 valence electrons. The Morgan fingerprint density at radius 3 is 2.29 bits per heavy atom. The first-order valence-electron chi connectivity index (χ1n) is 9.30. The van der Waals surface area contributed by atoms with Gasteiger partial charge in [-0.1, -0.05) is 18.9 Å². The van der Waals surface area contributed by atoms with Crippen LogP contribution in [0.15, 0.2) is 47.4 Å². The average Bonchev–Trinajstić information content (AvgIpc) is 2.95. The molecule has 0 aromatic heterocycles. The Morgan fingerprint density at radius 2 is 1.64 bits per heavy atom. The molecule has 5 nitrogen and oxygen atoms in total. The van der Waals surface area contributed by atoms with E-state index in [-0.39, 0.29) is 10.7 Å². The number of thiocarbonyl (C=S) groups is 1. The number of hydrogen-bond acceptors (Lipinski definition) is 3. The minimum absolute atomic E-state index is 0.278. The quantitative estimate of drug-likeness (QED) is 0.712. The Balaban J connectivity index is 1.66. The molecule has 2 aromatic carbocycles. The lowest BCUT2D eigenvalue weighted by atomic mass is 10.2. The zero-order valence-corrected chi connectivity index (χ0v) is 17.4. The third kappa shape index (κ3) is 5.06. The number of benzene rings is 2. The van der Waals surface area contributed by atoms with E-state index in [1.807, 2.05) is 6.92 Å². The summed E-state index contributed by atoms with van der Waals surface area (Å²) < 4.78 is 40.6. The van der Waals surface area contributed by atoms with E-state index in [9.17, 15) is 12.8 Å². The monoisotopic (exact) mass is 421 g/mol. The largest absolute Gasteiger partial charge is 0.332 e. The van der Waals surface area contributed by atoms with E-state index in [1.54, 1.807) is 34.6 Å². The number of rotatable bonds is 4. The van der Waals surface area contributed by atoms with Crippen molar-refractivity contribution in [3.05, 3.63) is 53.8 Å². The van der Waals surface area contributed by atoms with Gasteiger partial charge in [-0.05, 0) is 73.9 Å². The zero-order valence-electron chi connectivity index (χ0n) is 15.7. The van der Waals surface area contributed by atoms with Gasteiger partial charge in [-0.2, -0.15) is 4.31 Å². The number of sulfonamides is 1. The molecule has 0 amide bonds. The van der Waals surface area contributed by atoms with Crippen LogP contribution >= 0.6 is 12.2 Å². The number of hydrogen-bond donors (Lipinski definition) is 2. The highest BCUT2D eigenvalue weighted by Gasteiger charge is 2.24. The van der Waals surface area contributed by atoms with E-state index >= 15 is 0 Å². The van der Waals surface area contributed by atoms with Gasteiger partial charge in [0.1, 0.15) is 5.82 Å². The summed E-state index contributed by atoms with van der Waals surface area (Å²) in [6.45, 7) is 3.00. The van der Waals surface area contributed by atoms with Crippen LogP contribution in [0.3, 0.4) is 0 Å². The van der Waals surface area contributed by atoms with Crippen molar-refractivity contribution in [1.29, 1.82) is 0 Å². The second-order valence-corrected chi connectivity index (χ2v) is 9.23. The van der Waals surface area contributed by atoms with Crippen molar-refractivity contribution in [3.63, 3.8) is 0 Å². The third-order valence-corrected chi connectivity index (χ3v) is 6.88. The van der Waals surface area contributed by atoms with Crippen LogP contribution < -0.4 is 10.6 Å². The van der Waals surface area contributed by atoms with Crippen molar-refractivity contribution >= 4 is 38.7 Å². The first-order chi connectivity index (χ1) is 13.4. The third-order valence-electron chi connectivity index (χ3n) is 4.76. The van der Waals surface area contributed by atoms with Gasteiger partial charge >= 0.3 is 0 Å². The summed E-state index contributed by atoms with van der Waals surface area (Å²) in [6, 6.07) is 11.0. The van der Waals surface area contributed by atoms with E-state index in [0.717, 1.165) is 31.2 Å². The Kier molecular flexibility index (Phi) is 6.64. The van der Waals surface area contributed by atoms with E-state index in [0.29, 0.717) is 29.6 Å². The van der Waals surface area contributed by atoms with Crippen LogP contribution in [0.5, 0.6) is 0 Å². The first-order valence-corrected chi connectivity index (χ1v) is 11.2. The summed E-state index contributed by atoms with van der Waals surface area (Å²) >= 11 is 5.27. The van der Waals surface area contributed by atoms with Gasteiger partial charge in [-0.3, -0.25) is 0 Å². The van der Waals surface area contributed by atoms with Crippen molar-refractivity contribution in [2.75, 3.05) is 23.7 Å². The van der Waals surface area contributed by atoms with Crippen LogP contribution in [0, 0.1) is 12.7 Å². The van der Waals surface area contributed by atoms with Gasteiger partial charge < -0.3 is 10.6 Å². The molecule has 2 N–H and O–H groups in total. The van der Waals surface area contributed by atoms with Gasteiger partial charge in [-0.15, -0.1) is 0 Å². The highest BCUT2D eigenvalue weighted by molar-refractivity contribution is 7.89. The molecule has 1 aliphatic rings. The molecule has 1 aliphatic heterocycles. The smallest absolute Gasteiger partial charge is 0.243 e. The Labute approximate surface area is 171 Å². The van der Waals surface area contributed by atoms with Gasteiger partial charge in [0.2, 0.25) is 10.0 Å². The van der Waals surface area contributed by atoms with Crippen LogP contribution in [0.25, 0.3) is 0 Å². The predicted octanol–water partition coefficient (Wildman–Crippen LogP) is 4.51. The minimum atomic E-state index is -3.47. The highest BCUT2D eigenvalue weighted by atomic mass is 32.2. The van der Waals surface area contributed by atoms with E-state index in [2.05, 4.69) is 10.6 Å². The van der Waals surface area contributed by atoms with Crippen molar-refractivity contribution in [3.8, 4) is 0 Å². The number of nitrogens with one attached hydrogen (secondary N) is 2. The van der Waals surface area contributed by atoms with Crippen LogP contribution in [0.1, 0.15) is 31.2 Å². The second kappa shape index (κ2) is 8.98. The topological polar surface area (TPSA) is 61.4 Å². The molecule has 3 rings (SSSR count). The van der Waals surface area contributed by atoms with E-state index < -0.39 is 10.0 Å². The molecule has 1 heterocycles. The molecule has 2 aromatic rings. The molecule has 0 radical (unpaired) electrons. The Morgan fingerprint density at radius 1 is 1.00 bits per heavy atom. The molecule has 0 spiro atoms. The van der Waals surface area contributed by atoms with Crippen LogP contribution in [-0.2, 0) is 10.0 Å². The molecule has 0 saturated carbocycles. The maximum Gasteiger partial charge on any atom is 0.243 e. The fraction of sp³-hybridized carbons (Fsp3) is 0.350. The molecule has 0 unspecified atom stereocenters. The SMILES string of the molecule is Cc1ccc(F)cc1NC(=S)Nc1ccc(S(=O)(=O)N2CCCCCC2)cc1. The zero-order chi connectivity index (χ0) is 20.1. The highest BCUT2D eigenvalue weighted by Crippen LogP contribution is 2.22. The second-order valence-electron chi connectivity index (χ2n) is 6.88. The van der Waals surface area contributed by atoms with Gasteiger partial charge in [-0.25, -0.2) is 12.8 Å². The number of anilines is 2. The first kappa shape index (κ1) is 20.7. The molecular formula is C20H24FN3O2S2. The van der Waals surface area contributed by atoms with Gasteiger partial charge in [0.25, 0.3) is 0 Å². The maximum absolute atomic E-state index is 13.4. The number of halogens is 1. The molecule has 8 heteroatoms. The summed E-state index contributed by atoms with van der Waals surface area (Å²) in [6.07, 6.45) is 3.95. The standard InChI is InChI=1S/C20H24FN3O2S2/c1-15-6-7-16(21)14-19(15)23-20(27)22-17-8-10-18(11-9-17)28(25,26)24-12-4-2-3-5-13-24/h6-11,14H,2-5,12-13H2,1H3,(H2,22,23,27). The van der Waals surface area contributed by atoms with Crippen molar-refractivity contribution in [2.24, 2.45) is 0 Å². The normalized spacial score (nSPS) is 15.6. The van der Waals surface area contributed by atoms with Gasteiger partial charge in [0, 0.05) is 24.5 Å². The number of nitrogens with zero attached hydrogens (tertiary/aromatic N) is 1. The van der Waals surface area contributed by atoms with Crippen LogP contribution in [0.2, 0.25) is 0 Å². The lowest BCUT2D eigenvalue weighted by molar-refractivity contribution is 0.424.